The van der Waals surface area contributed by atoms with E-state index in [1.54, 1.807) is 13.1 Å². The van der Waals surface area contributed by atoms with Crippen LogP contribution >= 0.6 is 0 Å². The number of benzene rings is 2. The molecular formula is C25H27N3O4. The van der Waals surface area contributed by atoms with Gasteiger partial charge in [0.1, 0.15) is 30.5 Å². The van der Waals surface area contributed by atoms with Gasteiger partial charge in [-0.15, -0.1) is 0 Å². The first-order valence-electron chi connectivity index (χ1n) is 10.5. The lowest BCUT2D eigenvalue weighted by Gasteiger charge is -2.29. The molecule has 0 bridgehead atoms. The van der Waals surface area contributed by atoms with E-state index in [0.717, 1.165) is 28.0 Å². The summed E-state index contributed by atoms with van der Waals surface area (Å²) in [6.45, 7) is 4.02. The van der Waals surface area contributed by atoms with Crippen LogP contribution in [-0.2, 0) is 4.74 Å². The standard InChI is InChI=1S/C25H27N3O4/c1-3-25(2,29)15-31-18-7-9-23-20(12-18)21(14-30-24(26)27)19-11-16(6-8-22(19)32-23)17-5-4-10-28-13-17/h4-13,21,29H,3,14-15H2,1-2H3,(H3,26,27)/t21-,25?/m1/s1. The third kappa shape index (κ3) is 4.68. The molecule has 1 aromatic heterocycles. The van der Waals surface area contributed by atoms with Gasteiger partial charge in [-0.05, 0) is 55.3 Å². The molecule has 1 aliphatic heterocycles. The molecule has 2 aromatic carbocycles. The molecule has 4 rings (SSSR count). The van der Waals surface area contributed by atoms with Crippen molar-refractivity contribution >= 4 is 6.02 Å². The largest absolute Gasteiger partial charge is 0.491 e. The van der Waals surface area contributed by atoms with Crippen LogP contribution in [0.5, 0.6) is 17.2 Å². The van der Waals surface area contributed by atoms with Gasteiger partial charge in [0.2, 0.25) is 0 Å². The predicted molar refractivity (Wildman–Crippen MR) is 122 cm³/mol. The summed E-state index contributed by atoms with van der Waals surface area (Å²) < 4.78 is 17.5. The lowest BCUT2D eigenvalue weighted by Crippen LogP contribution is -2.31. The summed E-state index contributed by atoms with van der Waals surface area (Å²) >= 11 is 0. The molecule has 2 heterocycles. The van der Waals surface area contributed by atoms with E-state index in [0.29, 0.717) is 17.9 Å². The van der Waals surface area contributed by atoms with E-state index in [-0.39, 0.29) is 25.2 Å². The van der Waals surface area contributed by atoms with Crippen molar-refractivity contribution < 1.29 is 19.3 Å². The third-order valence-corrected chi connectivity index (χ3v) is 5.67. The van der Waals surface area contributed by atoms with Gasteiger partial charge in [-0.1, -0.05) is 19.1 Å². The number of nitrogens with zero attached hydrogens (tertiary/aromatic N) is 1. The normalized spacial score (nSPS) is 16.2. The number of aromatic nitrogens is 1. The van der Waals surface area contributed by atoms with Crippen LogP contribution in [0.15, 0.2) is 60.9 Å². The van der Waals surface area contributed by atoms with Crippen molar-refractivity contribution in [1.82, 2.24) is 4.98 Å². The second-order valence-electron chi connectivity index (χ2n) is 8.16. The number of aliphatic hydroxyl groups is 1. The maximum Gasteiger partial charge on any atom is 0.279 e. The smallest absolute Gasteiger partial charge is 0.279 e. The van der Waals surface area contributed by atoms with Crippen LogP contribution in [0.1, 0.15) is 37.3 Å². The molecule has 0 amide bonds. The molecule has 0 aliphatic carbocycles. The highest BCUT2D eigenvalue weighted by Gasteiger charge is 2.29. The highest BCUT2D eigenvalue weighted by atomic mass is 16.5. The molecule has 1 unspecified atom stereocenters. The quantitative estimate of drug-likeness (QED) is 0.375. The first-order chi connectivity index (χ1) is 15.4. The van der Waals surface area contributed by atoms with Gasteiger partial charge >= 0.3 is 0 Å². The van der Waals surface area contributed by atoms with Gasteiger partial charge in [-0.2, -0.15) is 0 Å². The fraction of sp³-hybridized carbons (Fsp3) is 0.280. The fourth-order valence-corrected chi connectivity index (χ4v) is 3.59. The molecule has 32 heavy (non-hydrogen) atoms. The number of hydrogen-bond donors (Lipinski definition) is 3. The Kier molecular flexibility index (Phi) is 6.01. The molecule has 0 spiro atoms. The number of nitrogens with two attached hydrogens (primary N) is 1. The molecule has 0 saturated carbocycles. The molecular weight excluding hydrogens is 406 g/mol. The SMILES string of the molecule is CCC(C)(O)COc1ccc2c(c1)[C@H](COC(=N)N)c1cc(-c3cccnc3)ccc1O2. The number of hydrogen-bond acceptors (Lipinski definition) is 6. The molecule has 3 aromatic rings. The Hall–Kier alpha value is -3.58. The van der Waals surface area contributed by atoms with Gasteiger partial charge in [-0.3, -0.25) is 10.4 Å². The molecule has 0 saturated heterocycles. The van der Waals surface area contributed by atoms with Crippen LogP contribution < -0.4 is 15.2 Å². The van der Waals surface area contributed by atoms with Crippen LogP contribution in [0, 0.1) is 5.41 Å². The van der Waals surface area contributed by atoms with Gasteiger partial charge in [0.15, 0.2) is 0 Å². The average Bonchev–Trinajstić information content (AvgIpc) is 2.80. The maximum absolute atomic E-state index is 10.3. The molecule has 1 aliphatic rings. The summed E-state index contributed by atoms with van der Waals surface area (Å²) in [4.78, 5) is 4.21. The Bertz CT molecular complexity index is 1120. The van der Waals surface area contributed by atoms with E-state index >= 15 is 0 Å². The van der Waals surface area contributed by atoms with Gasteiger partial charge in [0, 0.05) is 29.1 Å². The molecule has 2 atom stereocenters. The Labute approximate surface area is 187 Å². The molecule has 0 radical (unpaired) electrons. The summed E-state index contributed by atoms with van der Waals surface area (Å²) in [5.74, 6) is 1.83. The van der Waals surface area contributed by atoms with E-state index in [2.05, 4.69) is 11.1 Å². The highest BCUT2D eigenvalue weighted by molar-refractivity contribution is 5.69. The van der Waals surface area contributed by atoms with Crippen LogP contribution in [0.3, 0.4) is 0 Å². The Balaban J connectivity index is 1.71. The molecule has 166 valence electrons. The number of pyridine rings is 1. The summed E-state index contributed by atoms with van der Waals surface area (Å²) in [6, 6.07) is 15.1. The highest BCUT2D eigenvalue weighted by Crippen LogP contribution is 2.46. The summed E-state index contributed by atoms with van der Waals surface area (Å²) in [5.41, 5.74) is 8.37. The molecule has 7 nitrogen and oxygen atoms in total. The Morgan fingerprint density at radius 1 is 1.16 bits per heavy atom. The number of nitrogens with one attached hydrogen (secondary N) is 1. The number of ether oxygens (including phenoxy) is 3. The van der Waals surface area contributed by atoms with Crippen molar-refractivity contribution in [2.24, 2.45) is 5.73 Å². The molecule has 4 N–H and O–H groups in total. The second-order valence-corrected chi connectivity index (χ2v) is 8.16. The fourth-order valence-electron chi connectivity index (χ4n) is 3.59. The van der Waals surface area contributed by atoms with E-state index in [4.69, 9.17) is 25.4 Å². The van der Waals surface area contributed by atoms with Gasteiger partial charge < -0.3 is 25.1 Å². The van der Waals surface area contributed by atoms with Crippen LogP contribution in [-0.4, -0.2) is 34.9 Å². The Morgan fingerprint density at radius 2 is 1.91 bits per heavy atom. The molecule has 0 fully saturated rings. The number of rotatable bonds is 7. The monoisotopic (exact) mass is 433 g/mol. The van der Waals surface area contributed by atoms with E-state index < -0.39 is 5.60 Å². The zero-order valence-corrected chi connectivity index (χ0v) is 18.2. The van der Waals surface area contributed by atoms with Crippen molar-refractivity contribution in [3.05, 3.63) is 72.1 Å². The third-order valence-electron chi connectivity index (χ3n) is 5.67. The maximum atomic E-state index is 10.3. The predicted octanol–water partition coefficient (Wildman–Crippen LogP) is 4.44. The van der Waals surface area contributed by atoms with Crippen LogP contribution in [0.2, 0.25) is 0 Å². The number of amidine groups is 1. The van der Waals surface area contributed by atoms with Gasteiger partial charge in [-0.25, -0.2) is 0 Å². The van der Waals surface area contributed by atoms with E-state index in [1.165, 1.54) is 0 Å². The van der Waals surface area contributed by atoms with Crippen molar-refractivity contribution in [3.63, 3.8) is 0 Å². The lowest BCUT2D eigenvalue weighted by molar-refractivity contribution is 0.00842. The second kappa shape index (κ2) is 8.88. The van der Waals surface area contributed by atoms with Crippen molar-refractivity contribution in [3.8, 4) is 28.4 Å². The van der Waals surface area contributed by atoms with Crippen molar-refractivity contribution in [2.75, 3.05) is 13.2 Å². The zero-order valence-electron chi connectivity index (χ0n) is 18.2. The summed E-state index contributed by atoms with van der Waals surface area (Å²) in [7, 11) is 0. The summed E-state index contributed by atoms with van der Waals surface area (Å²) in [6.07, 6.45) is 4.13. The minimum absolute atomic E-state index is 0.180. The van der Waals surface area contributed by atoms with Crippen molar-refractivity contribution in [2.45, 2.75) is 31.8 Å². The van der Waals surface area contributed by atoms with Gasteiger partial charge in [0.05, 0.1) is 11.5 Å². The number of fused-ring (bicyclic) bond motifs is 2. The summed E-state index contributed by atoms with van der Waals surface area (Å²) in [5, 5.41) is 17.8. The average molecular weight is 434 g/mol. The minimum atomic E-state index is -0.908. The van der Waals surface area contributed by atoms with E-state index in [1.807, 2.05) is 55.6 Å². The lowest BCUT2D eigenvalue weighted by atomic mass is 9.87. The molecule has 7 heteroatoms. The Morgan fingerprint density at radius 3 is 2.59 bits per heavy atom. The minimum Gasteiger partial charge on any atom is -0.491 e. The van der Waals surface area contributed by atoms with Crippen molar-refractivity contribution in [1.29, 1.82) is 5.41 Å². The first kappa shape index (κ1) is 21.6. The topological polar surface area (TPSA) is 111 Å². The van der Waals surface area contributed by atoms with Crippen LogP contribution in [0.25, 0.3) is 11.1 Å². The first-order valence-corrected chi connectivity index (χ1v) is 10.5. The zero-order chi connectivity index (χ0) is 22.7. The van der Waals surface area contributed by atoms with Crippen LogP contribution in [0.4, 0.5) is 0 Å². The van der Waals surface area contributed by atoms with Gasteiger partial charge in [0.25, 0.3) is 6.02 Å². The van der Waals surface area contributed by atoms with E-state index in [9.17, 15) is 5.11 Å².